The second-order valence-electron chi connectivity index (χ2n) is 21.6. The van der Waals surface area contributed by atoms with Crippen molar-refractivity contribution < 1.29 is 69.6 Å². The molecule has 384 valence electrons. The van der Waals surface area contributed by atoms with Crippen LogP contribution in [0.3, 0.4) is 0 Å². The first kappa shape index (κ1) is 61.0. The van der Waals surface area contributed by atoms with Gasteiger partial charge in [0.2, 0.25) is 11.6 Å². The summed E-state index contributed by atoms with van der Waals surface area (Å²) in [4.78, 5) is 80.3. The molecule has 0 aromatic heterocycles. The minimum Gasteiger partial charge on any atom is -0.508 e. The molecule has 0 heterocycles. The Labute approximate surface area is 470 Å². The molecular weight excluding hydrogens is 1110 g/mol. The van der Waals surface area contributed by atoms with E-state index in [0.717, 1.165) is 3.57 Å². The fourth-order valence-corrected chi connectivity index (χ4v) is 12.8. The number of likely N-dealkylation sites (N-methyl/N-ethyl adjacent to an activating group) is 2. The molecule has 2 aromatic carbocycles. The number of phenols is 2. The summed E-state index contributed by atoms with van der Waals surface area (Å²) in [6.07, 6.45) is -1.81. The number of Topliss-reactive ketones (excluding diaryl/α,β-unsaturated/α-hetero) is 4. The molecule has 0 aliphatic heterocycles. The number of hydrogen-bond donors (Lipinski definition) is 10. The van der Waals surface area contributed by atoms with E-state index in [-0.39, 0.29) is 53.0 Å². The van der Waals surface area contributed by atoms with Crippen molar-refractivity contribution in [3.05, 3.63) is 89.5 Å². The zero-order chi connectivity index (χ0) is 58.2. The summed E-state index contributed by atoms with van der Waals surface area (Å²) in [6.45, 7) is 6.26. The van der Waals surface area contributed by atoms with Gasteiger partial charge in [-0.25, -0.2) is 0 Å². The Morgan fingerprint density at radius 2 is 1.01 bits per heavy atom. The molecule has 30 heteroatoms. The lowest BCUT2D eigenvalue weighted by Gasteiger charge is -2.50. The number of rotatable bonds is 7. The van der Waals surface area contributed by atoms with Gasteiger partial charge in [0.15, 0.2) is 22.8 Å². The number of aliphatic hydroxyl groups excluding tert-OH is 4. The summed E-state index contributed by atoms with van der Waals surface area (Å²) >= 11 is 2.07. The number of primary amides is 2. The van der Waals surface area contributed by atoms with Crippen molar-refractivity contribution in [3.8, 4) is 23.0 Å². The van der Waals surface area contributed by atoms with Gasteiger partial charge in [-0.15, -0.1) is 5.54 Å². The van der Waals surface area contributed by atoms with Gasteiger partial charge in [0, 0.05) is 104 Å². The van der Waals surface area contributed by atoms with Crippen molar-refractivity contribution in [1.29, 1.82) is 0 Å². The maximum absolute atomic E-state index is 13.8. The Morgan fingerprint density at radius 1 is 0.649 bits per heavy atom. The van der Waals surface area contributed by atoms with Crippen molar-refractivity contribution in [2.45, 2.75) is 68.6 Å². The highest BCUT2D eigenvalue weighted by molar-refractivity contribution is 14.1. The number of aliphatic hydroxyl groups is 6. The molecule has 0 saturated heterocycles. The molecule has 18 nitrogen and oxygen atoms in total. The number of phenolic OH excluding ortho intramolecular Hbond substituents is 2. The second-order valence-corrected chi connectivity index (χ2v) is 27.6. The molecule has 2 saturated carbocycles. The molecule has 8 rings (SSSR count). The van der Waals surface area contributed by atoms with Crippen molar-refractivity contribution in [2.24, 2.45) is 35.1 Å². The second kappa shape index (κ2) is 22.2. The number of halogens is 1. The Balaban J connectivity index is 0.000000214. The first-order valence-corrected chi connectivity index (χ1v) is 28.8. The first-order chi connectivity index (χ1) is 35.5. The van der Waals surface area contributed by atoms with Crippen molar-refractivity contribution >= 4 is 149 Å². The van der Waals surface area contributed by atoms with Crippen LogP contribution in [-0.4, -0.2) is 217 Å². The van der Waals surface area contributed by atoms with E-state index in [9.17, 15) is 69.6 Å². The van der Waals surface area contributed by atoms with E-state index in [1.165, 1.54) is 21.9 Å². The molecule has 6 aliphatic rings. The van der Waals surface area contributed by atoms with Gasteiger partial charge in [-0.2, -0.15) is 0 Å². The van der Waals surface area contributed by atoms with E-state index >= 15 is 0 Å². The molecule has 2 aromatic rings. The van der Waals surface area contributed by atoms with Gasteiger partial charge in [-0.05, 0) is 124 Å². The number of hydrogen-bond acceptors (Lipinski definition) is 16. The average Bonchev–Trinajstić information content (AvgIpc) is 3.31. The van der Waals surface area contributed by atoms with E-state index in [0.29, 0.717) is 23.1 Å². The zero-order valence-corrected chi connectivity index (χ0v) is 46.5. The summed E-state index contributed by atoms with van der Waals surface area (Å²) < 4.78 is 0.784. The van der Waals surface area contributed by atoms with Crippen molar-refractivity contribution in [3.63, 3.8) is 0 Å². The first-order valence-electron chi connectivity index (χ1n) is 24.2. The van der Waals surface area contributed by atoms with Crippen LogP contribution in [0.2, 0.25) is 19.6 Å². The molecule has 8 atom stereocenters. The summed E-state index contributed by atoms with van der Waals surface area (Å²) in [5, 5.41) is 87.7. The third-order valence-electron chi connectivity index (χ3n) is 15.1. The number of aromatic hydroxyl groups is 2. The predicted octanol–water partition coefficient (Wildman–Crippen LogP) is -2.05. The minimum atomic E-state index is -2.64. The fraction of sp³-hybridized carbons (Fsp3) is 0.404. The van der Waals surface area contributed by atoms with Crippen LogP contribution in [0.5, 0.6) is 11.5 Å². The molecule has 0 unspecified atom stereocenters. The van der Waals surface area contributed by atoms with Gasteiger partial charge in [0.1, 0.15) is 53.8 Å². The molecule has 77 heavy (non-hydrogen) atoms. The number of carbonyl (C=O) groups is 6. The zero-order valence-electron chi connectivity index (χ0n) is 43.3. The molecule has 12 radical (unpaired) electrons. The normalized spacial score (nSPS) is 26.3. The molecule has 6 aliphatic carbocycles. The van der Waals surface area contributed by atoms with Crippen LogP contribution in [-0.2, 0) is 41.6 Å². The Morgan fingerprint density at radius 3 is 1.35 bits per heavy atom. The van der Waals surface area contributed by atoms with Crippen molar-refractivity contribution in [1.82, 2.24) is 9.80 Å². The number of amides is 2. The van der Waals surface area contributed by atoms with Crippen LogP contribution in [0.1, 0.15) is 40.7 Å². The van der Waals surface area contributed by atoms with Gasteiger partial charge in [0.05, 0.1) is 23.2 Å². The summed E-state index contributed by atoms with van der Waals surface area (Å²) in [5.41, 5.74) is 8.66. The standard InChI is InChI=1S/C26H30N2O7Si.C21H21IN2O7.B10/c1-28(2)20-15-11-13-10-14-12(8-9-36(3,4)5)6-7-16(29)18(14)21(30)17(13)23(32)26(15,35)24(33)19(22(20)31)25(27)34;1-24(2)15-9-6-7-5-8-10(22)3-4-11(25)13(8)16(26)12(7)18(28)21(9,31)19(29)14(17(15)27)20(23)30;1-7(2)10(8(3)4)9(5)6/h6-7,13,15,20,29-30,33,35H,10-11H2,1-5H3,(H2,27,34);3-4,7,9,15,25-26,29,31H,5-6H2,1-2H3,(H2,23,30);/t13-,15-,20-,26-;7-,9-,15-,21-;/m00./s1. The van der Waals surface area contributed by atoms with E-state index in [2.05, 4.69) is 53.7 Å². The van der Waals surface area contributed by atoms with Gasteiger partial charge in [-0.1, -0.05) is 25.6 Å². The highest BCUT2D eigenvalue weighted by atomic mass is 127. The molecule has 0 spiro atoms. The lowest BCUT2D eigenvalue weighted by Crippen LogP contribution is -2.65. The average molecular weight is 1160 g/mol. The lowest BCUT2D eigenvalue weighted by molar-refractivity contribution is -0.155. The van der Waals surface area contributed by atoms with Crippen LogP contribution in [0, 0.1) is 38.7 Å². The summed E-state index contributed by atoms with van der Waals surface area (Å²) in [5.74, 6) is -9.94. The van der Waals surface area contributed by atoms with E-state index in [1.807, 2.05) is 0 Å². The number of fused-ring (bicyclic) bond motifs is 6. The van der Waals surface area contributed by atoms with E-state index in [1.54, 1.807) is 40.3 Å². The SMILES string of the molecule is CN(C)[C@@H]1C(=O)C(C(N)=O)=C(O)[C@@]2(O)C(=O)C3=C(O)c4c(O)ccc(C#C[Si](C)(C)C)c4C[C@H]3C[C@@H]12.CN(C)[C@@H]1C(=O)C(C(N)=O)=C(O)[C@@]2(O)C(=O)C3=C(O)c4c(O)ccc(I)c4C[C@H]3C[C@@H]12.[B]B([B])B(B([B])[B])B([B])[B]. The largest absolute Gasteiger partial charge is 0.508 e. The van der Waals surface area contributed by atoms with E-state index in [4.69, 9.17) is 57.9 Å². The van der Waals surface area contributed by atoms with Crippen LogP contribution < -0.4 is 11.5 Å². The quantitative estimate of drug-likeness (QED) is 0.0618. The van der Waals surface area contributed by atoms with E-state index < -0.39 is 150 Å². The summed E-state index contributed by atoms with van der Waals surface area (Å²) in [7, 11) is 36.3. The van der Waals surface area contributed by atoms with Crippen LogP contribution in [0.15, 0.2) is 58.1 Å². The monoisotopic (exact) mass is 1160 g/mol. The van der Waals surface area contributed by atoms with Gasteiger partial charge < -0.3 is 52.3 Å². The van der Waals surface area contributed by atoms with Crippen LogP contribution >= 0.6 is 22.6 Å². The smallest absolute Gasteiger partial charge is 0.255 e. The molecule has 2 amide bonds. The molecular formula is C47H51B10IN4O14Si. The third kappa shape index (κ3) is 10.5. The summed E-state index contributed by atoms with van der Waals surface area (Å²) in [6, 6.07) is 3.94. The highest BCUT2D eigenvalue weighted by Crippen LogP contribution is 2.55. The number of ketones is 4. The predicted molar refractivity (Wildman–Crippen MR) is 309 cm³/mol. The molecule has 0 bridgehead atoms. The van der Waals surface area contributed by atoms with Crippen LogP contribution in [0.25, 0.3) is 11.5 Å². The highest BCUT2D eigenvalue weighted by Gasteiger charge is 2.66. The topological polar surface area (TPSA) is 323 Å². The third-order valence-corrected chi connectivity index (χ3v) is 16.9. The van der Waals surface area contributed by atoms with Gasteiger partial charge >= 0.3 is 0 Å². The Bertz CT molecular complexity index is 3080. The Kier molecular flexibility index (Phi) is 17.6. The number of nitrogens with zero attached hydrogens (tertiary/aromatic N) is 2. The maximum atomic E-state index is 13.8. The van der Waals surface area contributed by atoms with Crippen LogP contribution in [0.4, 0.5) is 0 Å². The molecule has 12 N–H and O–H groups in total. The number of benzene rings is 2. The van der Waals surface area contributed by atoms with Gasteiger partial charge in [0.25, 0.3) is 11.8 Å². The Hall–Kier alpha value is -5.18. The molecule has 2 fully saturated rings. The maximum Gasteiger partial charge on any atom is 0.255 e. The minimum absolute atomic E-state index is 0.0440. The van der Waals surface area contributed by atoms with Gasteiger partial charge in [-0.3, -0.25) is 38.6 Å². The number of carbonyl (C=O) groups excluding carboxylic acids is 6. The van der Waals surface area contributed by atoms with Crippen molar-refractivity contribution in [2.75, 3.05) is 28.2 Å². The lowest BCUT2D eigenvalue weighted by atomic mass is 8.58. The fourth-order valence-electron chi connectivity index (χ4n) is 11.6. The number of nitrogens with two attached hydrogens (primary N) is 2.